The quantitative estimate of drug-likeness (QED) is 0.882. The van der Waals surface area contributed by atoms with E-state index in [0.717, 1.165) is 16.7 Å². The largest absolute Gasteiger partial charge is 0.491 e. The summed E-state index contributed by atoms with van der Waals surface area (Å²) in [5.41, 5.74) is 3.07. The Balaban J connectivity index is 1.98. The van der Waals surface area contributed by atoms with Crippen LogP contribution in [0.4, 0.5) is 0 Å². The third-order valence-corrected chi connectivity index (χ3v) is 5.37. The van der Waals surface area contributed by atoms with Gasteiger partial charge < -0.3 is 9.84 Å². The Hall–Kier alpha value is -1.85. The molecule has 124 valence electrons. The van der Waals surface area contributed by atoms with Gasteiger partial charge in [-0.3, -0.25) is 0 Å². The Labute approximate surface area is 137 Å². The highest BCUT2D eigenvalue weighted by molar-refractivity contribution is 7.91. The van der Waals surface area contributed by atoms with Crippen LogP contribution in [0.15, 0.2) is 47.4 Å². The van der Waals surface area contributed by atoms with Crippen molar-refractivity contribution in [1.29, 1.82) is 0 Å². The van der Waals surface area contributed by atoms with Gasteiger partial charge in [-0.25, -0.2) is 8.42 Å². The van der Waals surface area contributed by atoms with Crippen LogP contribution in [0.1, 0.15) is 16.7 Å². The second kappa shape index (κ2) is 7.15. The highest BCUT2D eigenvalue weighted by atomic mass is 32.2. The lowest BCUT2D eigenvalue weighted by Gasteiger charge is -2.14. The summed E-state index contributed by atoms with van der Waals surface area (Å²) in [4.78, 5) is 0.216. The summed E-state index contributed by atoms with van der Waals surface area (Å²) < 4.78 is 30.1. The molecule has 0 aliphatic heterocycles. The summed E-state index contributed by atoms with van der Waals surface area (Å²) in [5.74, 6) is 0.295. The van der Waals surface area contributed by atoms with Crippen molar-refractivity contribution in [2.75, 3.05) is 12.4 Å². The van der Waals surface area contributed by atoms with Gasteiger partial charge in [-0.05, 0) is 44.5 Å². The highest BCUT2D eigenvalue weighted by Crippen LogP contribution is 2.19. The number of hydrogen-bond acceptors (Lipinski definition) is 4. The molecule has 2 aromatic carbocycles. The molecule has 1 unspecified atom stereocenters. The molecule has 23 heavy (non-hydrogen) atoms. The first kappa shape index (κ1) is 17.5. The van der Waals surface area contributed by atoms with E-state index >= 15 is 0 Å². The van der Waals surface area contributed by atoms with Gasteiger partial charge in [0.15, 0.2) is 9.84 Å². The van der Waals surface area contributed by atoms with Crippen LogP contribution in [0, 0.1) is 20.8 Å². The van der Waals surface area contributed by atoms with Gasteiger partial charge in [-0.1, -0.05) is 35.4 Å². The van der Waals surface area contributed by atoms with Gasteiger partial charge >= 0.3 is 0 Å². The minimum absolute atomic E-state index is 0.0605. The van der Waals surface area contributed by atoms with E-state index in [-0.39, 0.29) is 17.3 Å². The second-order valence-corrected chi connectivity index (χ2v) is 7.86. The molecular formula is C18H22O4S. The minimum atomic E-state index is -3.53. The van der Waals surface area contributed by atoms with Crippen LogP contribution in [0.25, 0.3) is 0 Å². The summed E-state index contributed by atoms with van der Waals surface area (Å²) >= 11 is 0. The van der Waals surface area contributed by atoms with E-state index in [9.17, 15) is 13.5 Å². The van der Waals surface area contributed by atoms with Crippen LogP contribution in [0.3, 0.4) is 0 Å². The van der Waals surface area contributed by atoms with Gasteiger partial charge in [-0.2, -0.15) is 0 Å². The average Bonchev–Trinajstić information content (AvgIpc) is 2.46. The molecule has 1 N–H and O–H groups in total. The second-order valence-electron chi connectivity index (χ2n) is 5.83. The highest BCUT2D eigenvalue weighted by Gasteiger charge is 2.20. The normalized spacial score (nSPS) is 12.9. The maximum atomic E-state index is 12.3. The molecule has 4 nitrogen and oxygen atoms in total. The van der Waals surface area contributed by atoms with Crippen molar-refractivity contribution >= 4 is 9.84 Å². The Bertz CT molecular complexity index is 764. The molecule has 2 aromatic rings. The number of ether oxygens (including phenoxy) is 1. The molecule has 0 aliphatic carbocycles. The first-order valence-corrected chi connectivity index (χ1v) is 9.11. The SMILES string of the molecule is Cc1ccc(S(=O)(=O)CC(O)COc2ccc(C)cc2C)cc1. The molecule has 0 aliphatic rings. The van der Waals surface area contributed by atoms with Crippen LogP contribution < -0.4 is 4.74 Å². The fourth-order valence-corrected chi connectivity index (χ4v) is 3.64. The maximum Gasteiger partial charge on any atom is 0.181 e. The molecule has 0 aromatic heterocycles. The molecule has 0 saturated heterocycles. The lowest BCUT2D eigenvalue weighted by molar-refractivity contribution is 0.124. The molecular weight excluding hydrogens is 312 g/mol. The van der Waals surface area contributed by atoms with E-state index in [1.54, 1.807) is 24.3 Å². The van der Waals surface area contributed by atoms with E-state index in [4.69, 9.17) is 4.74 Å². The van der Waals surface area contributed by atoms with E-state index in [0.29, 0.717) is 5.75 Å². The van der Waals surface area contributed by atoms with Crippen molar-refractivity contribution in [3.63, 3.8) is 0 Å². The fourth-order valence-electron chi connectivity index (χ4n) is 2.29. The van der Waals surface area contributed by atoms with E-state index in [2.05, 4.69) is 0 Å². The third kappa shape index (κ3) is 4.81. The molecule has 0 amide bonds. The maximum absolute atomic E-state index is 12.3. The summed E-state index contributed by atoms with van der Waals surface area (Å²) in [5, 5.41) is 10.0. The molecule has 2 rings (SSSR count). The number of benzene rings is 2. The van der Waals surface area contributed by atoms with Crippen molar-refractivity contribution < 1.29 is 18.3 Å². The number of aryl methyl sites for hydroxylation is 3. The Morgan fingerprint density at radius 3 is 2.22 bits per heavy atom. The summed E-state index contributed by atoms with van der Waals surface area (Å²) in [6, 6.07) is 12.3. The number of rotatable bonds is 6. The van der Waals surface area contributed by atoms with E-state index in [1.165, 1.54) is 0 Å². The summed E-state index contributed by atoms with van der Waals surface area (Å²) in [6.45, 7) is 5.73. The van der Waals surface area contributed by atoms with Crippen molar-refractivity contribution in [3.05, 3.63) is 59.2 Å². The van der Waals surface area contributed by atoms with Crippen molar-refractivity contribution in [2.24, 2.45) is 0 Å². The Morgan fingerprint density at radius 2 is 1.61 bits per heavy atom. The van der Waals surface area contributed by atoms with Crippen LogP contribution in [-0.2, 0) is 9.84 Å². The first-order chi connectivity index (χ1) is 10.8. The molecule has 5 heteroatoms. The number of aliphatic hydroxyl groups is 1. The predicted octanol–water partition coefficient (Wildman–Crippen LogP) is 2.83. The van der Waals surface area contributed by atoms with Crippen LogP contribution >= 0.6 is 0 Å². The molecule has 0 radical (unpaired) electrons. The predicted molar refractivity (Wildman–Crippen MR) is 90.6 cm³/mol. The van der Waals surface area contributed by atoms with Crippen LogP contribution in [0.5, 0.6) is 5.75 Å². The monoisotopic (exact) mass is 334 g/mol. The zero-order chi connectivity index (χ0) is 17.0. The van der Waals surface area contributed by atoms with Gasteiger partial charge in [0, 0.05) is 0 Å². The van der Waals surface area contributed by atoms with Crippen LogP contribution in [0.2, 0.25) is 0 Å². The molecule has 0 spiro atoms. The standard InChI is InChI=1S/C18H22O4S/c1-13-4-7-17(8-5-13)23(20,21)12-16(19)11-22-18-9-6-14(2)10-15(18)3/h4-10,16,19H,11-12H2,1-3H3. The van der Waals surface area contributed by atoms with E-state index < -0.39 is 15.9 Å². The van der Waals surface area contributed by atoms with E-state index in [1.807, 2.05) is 39.0 Å². The number of aliphatic hydroxyl groups excluding tert-OH is 1. The topological polar surface area (TPSA) is 63.6 Å². The van der Waals surface area contributed by atoms with Gasteiger partial charge in [0.05, 0.1) is 10.6 Å². The van der Waals surface area contributed by atoms with Gasteiger partial charge in [0.25, 0.3) is 0 Å². The number of sulfone groups is 1. The van der Waals surface area contributed by atoms with Crippen LogP contribution in [-0.4, -0.2) is 32.0 Å². The number of hydrogen-bond donors (Lipinski definition) is 1. The fraction of sp³-hybridized carbons (Fsp3) is 0.333. The zero-order valence-electron chi connectivity index (χ0n) is 13.6. The molecule has 0 saturated carbocycles. The minimum Gasteiger partial charge on any atom is -0.491 e. The van der Waals surface area contributed by atoms with Gasteiger partial charge in [-0.15, -0.1) is 0 Å². The lowest BCUT2D eigenvalue weighted by Crippen LogP contribution is -2.27. The molecule has 0 heterocycles. The smallest absolute Gasteiger partial charge is 0.181 e. The van der Waals surface area contributed by atoms with Gasteiger partial charge in [0.2, 0.25) is 0 Å². The Kier molecular flexibility index (Phi) is 5.44. The molecule has 0 fully saturated rings. The summed E-state index contributed by atoms with van der Waals surface area (Å²) in [7, 11) is -3.53. The van der Waals surface area contributed by atoms with Gasteiger partial charge in [0.1, 0.15) is 18.5 Å². The Morgan fingerprint density at radius 1 is 1.00 bits per heavy atom. The van der Waals surface area contributed by atoms with Crippen molar-refractivity contribution in [1.82, 2.24) is 0 Å². The third-order valence-electron chi connectivity index (χ3n) is 3.55. The molecule has 0 bridgehead atoms. The van der Waals surface area contributed by atoms with Crippen molar-refractivity contribution in [3.8, 4) is 5.75 Å². The zero-order valence-corrected chi connectivity index (χ0v) is 14.4. The summed E-state index contributed by atoms with van der Waals surface area (Å²) in [6.07, 6.45) is -1.08. The average molecular weight is 334 g/mol. The first-order valence-electron chi connectivity index (χ1n) is 7.45. The van der Waals surface area contributed by atoms with Crippen molar-refractivity contribution in [2.45, 2.75) is 31.8 Å². The molecule has 1 atom stereocenters. The lowest BCUT2D eigenvalue weighted by atomic mass is 10.1.